The SMILES string of the molecule is CCOC(=O)C(NC(=O)Cc1ccc(Cl)cc1)C(=O)OCC. The molecule has 0 saturated carbocycles. The van der Waals surface area contributed by atoms with E-state index in [0.717, 1.165) is 0 Å². The van der Waals surface area contributed by atoms with E-state index >= 15 is 0 Å². The van der Waals surface area contributed by atoms with Crippen LogP contribution in [0.2, 0.25) is 5.02 Å². The predicted octanol–water partition coefficient (Wildman–Crippen LogP) is 1.49. The maximum atomic E-state index is 12.0. The van der Waals surface area contributed by atoms with Crippen molar-refractivity contribution in [1.82, 2.24) is 5.32 Å². The molecule has 1 aromatic carbocycles. The molecule has 0 aliphatic rings. The van der Waals surface area contributed by atoms with Gasteiger partial charge < -0.3 is 14.8 Å². The third-order valence-electron chi connectivity index (χ3n) is 2.63. The average Bonchev–Trinajstić information content (AvgIpc) is 2.47. The van der Waals surface area contributed by atoms with Crippen LogP contribution in [0.5, 0.6) is 0 Å². The molecule has 0 bridgehead atoms. The lowest BCUT2D eigenvalue weighted by molar-refractivity contribution is -0.159. The fourth-order valence-corrected chi connectivity index (χ4v) is 1.79. The number of halogens is 1. The first-order chi connectivity index (χ1) is 10.5. The van der Waals surface area contributed by atoms with Crippen LogP contribution >= 0.6 is 11.6 Å². The number of amides is 1. The minimum atomic E-state index is -1.46. The minimum Gasteiger partial charge on any atom is -0.464 e. The van der Waals surface area contributed by atoms with E-state index in [9.17, 15) is 14.4 Å². The smallest absolute Gasteiger partial charge is 0.340 e. The average molecular weight is 328 g/mol. The number of ether oxygens (including phenoxy) is 2. The van der Waals surface area contributed by atoms with Crippen LogP contribution in [0, 0.1) is 0 Å². The number of carbonyl (C=O) groups is 3. The lowest BCUT2D eigenvalue weighted by Gasteiger charge is -2.15. The lowest BCUT2D eigenvalue weighted by atomic mass is 10.1. The van der Waals surface area contributed by atoms with E-state index in [1.54, 1.807) is 38.1 Å². The molecular weight excluding hydrogens is 310 g/mol. The maximum absolute atomic E-state index is 12.0. The van der Waals surface area contributed by atoms with Crippen molar-refractivity contribution in [3.63, 3.8) is 0 Å². The van der Waals surface area contributed by atoms with Crippen molar-refractivity contribution in [2.24, 2.45) is 0 Å². The van der Waals surface area contributed by atoms with Gasteiger partial charge in [0.2, 0.25) is 11.9 Å². The molecule has 0 saturated heterocycles. The Morgan fingerprint density at radius 1 is 1.05 bits per heavy atom. The van der Waals surface area contributed by atoms with Gasteiger partial charge in [-0.15, -0.1) is 0 Å². The minimum absolute atomic E-state index is 0.00643. The van der Waals surface area contributed by atoms with Crippen LogP contribution in [0.4, 0.5) is 0 Å². The van der Waals surface area contributed by atoms with Gasteiger partial charge in [0.1, 0.15) is 0 Å². The van der Waals surface area contributed by atoms with Gasteiger partial charge in [0.05, 0.1) is 19.6 Å². The molecule has 0 aliphatic carbocycles. The molecule has 0 fully saturated rings. The second-order valence-electron chi connectivity index (χ2n) is 4.31. The second-order valence-corrected chi connectivity index (χ2v) is 4.74. The molecule has 0 atom stereocenters. The molecule has 1 rings (SSSR count). The number of esters is 2. The number of hydrogen-bond donors (Lipinski definition) is 1. The normalized spacial score (nSPS) is 10.2. The quantitative estimate of drug-likeness (QED) is 0.606. The highest BCUT2D eigenvalue weighted by molar-refractivity contribution is 6.30. The number of hydrogen-bond acceptors (Lipinski definition) is 5. The molecule has 22 heavy (non-hydrogen) atoms. The molecule has 120 valence electrons. The molecule has 0 spiro atoms. The standard InChI is InChI=1S/C15H18ClNO5/c1-3-21-14(19)13(15(20)22-4-2)17-12(18)9-10-5-7-11(16)8-6-10/h5-8,13H,3-4,9H2,1-2H3,(H,17,18). The molecule has 6 nitrogen and oxygen atoms in total. The van der Waals surface area contributed by atoms with Crippen molar-refractivity contribution in [3.8, 4) is 0 Å². The lowest BCUT2D eigenvalue weighted by Crippen LogP contribution is -2.48. The van der Waals surface area contributed by atoms with Gasteiger partial charge in [0.25, 0.3) is 0 Å². The van der Waals surface area contributed by atoms with E-state index in [1.807, 2.05) is 0 Å². The van der Waals surface area contributed by atoms with E-state index in [1.165, 1.54) is 0 Å². The molecule has 0 heterocycles. The van der Waals surface area contributed by atoms with Crippen molar-refractivity contribution in [2.45, 2.75) is 26.3 Å². The van der Waals surface area contributed by atoms with Crippen LogP contribution in [0.15, 0.2) is 24.3 Å². The molecule has 0 aliphatic heterocycles. The van der Waals surface area contributed by atoms with Crippen molar-refractivity contribution in [3.05, 3.63) is 34.9 Å². The third-order valence-corrected chi connectivity index (χ3v) is 2.88. The number of benzene rings is 1. The van der Waals surface area contributed by atoms with Crippen molar-refractivity contribution >= 4 is 29.4 Å². The first kappa shape index (κ1) is 18.0. The zero-order valence-corrected chi connectivity index (χ0v) is 13.2. The van der Waals surface area contributed by atoms with Crippen molar-refractivity contribution in [2.75, 3.05) is 13.2 Å². The number of carbonyl (C=O) groups excluding carboxylic acids is 3. The highest BCUT2D eigenvalue weighted by atomic mass is 35.5. The summed E-state index contributed by atoms with van der Waals surface area (Å²) in [4.78, 5) is 35.4. The van der Waals surface area contributed by atoms with Crippen molar-refractivity contribution < 1.29 is 23.9 Å². The fraction of sp³-hybridized carbons (Fsp3) is 0.400. The summed E-state index contributed by atoms with van der Waals surface area (Å²) in [6.45, 7) is 3.41. The van der Waals surface area contributed by atoms with Crippen LogP contribution in [-0.2, 0) is 30.3 Å². The van der Waals surface area contributed by atoms with E-state index in [0.29, 0.717) is 10.6 Å². The third kappa shape index (κ3) is 5.73. The Morgan fingerprint density at radius 2 is 1.55 bits per heavy atom. The molecule has 1 amide bonds. The second kappa shape index (κ2) is 9.04. The largest absolute Gasteiger partial charge is 0.464 e. The van der Waals surface area contributed by atoms with E-state index in [2.05, 4.69) is 5.32 Å². The summed E-state index contributed by atoms with van der Waals surface area (Å²) in [5.74, 6) is -2.18. The van der Waals surface area contributed by atoms with Crippen LogP contribution in [0.3, 0.4) is 0 Å². The Balaban J connectivity index is 2.71. The van der Waals surface area contributed by atoms with Gasteiger partial charge in [-0.2, -0.15) is 0 Å². The van der Waals surface area contributed by atoms with E-state index < -0.39 is 23.9 Å². The van der Waals surface area contributed by atoms with Gasteiger partial charge in [0.15, 0.2) is 0 Å². The summed E-state index contributed by atoms with van der Waals surface area (Å²) in [7, 11) is 0. The van der Waals surface area contributed by atoms with Gasteiger partial charge in [-0.05, 0) is 31.5 Å². The van der Waals surface area contributed by atoms with Crippen LogP contribution in [-0.4, -0.2) is 37.1 Å². The van der Waals surface area contributed by atoms with E-state index in [-0.39, 0.29) is 19.6 Å². The van der Waals surface area contributed by atoms with Crippen LogP contribution < -0.4 is 5.32 Å². The number of rotatable bonds is 7. The van der Waals surface area contributed by atoms with Gasteiger partial charge in [0, 0.05) is 5.02 Å². The molecule has 0 aromatic heterocycles. The summed E-state index contributed by atoms with van der Waals surface area (Å²) < 4.78 is 9.53. The van der Waals surface area contributed by atoms with Crippen molar-refractivity contribution in [1.29, 1.82) is 0 Å². The molecule has 0 radical (unpaired) electrons. The van der Waals surface area contributed by atoms with Gasteiger partial charge in [-0.3, -0.25) is 4.79 Å². The Bertz CT molecular complexity index is 511. The Labute approximate surface area is 133 Å². The summed E-state index contributed by atoms with van der Waals surface area (Å²) in [5, 5.41) is 2.88. The van der Waals surface area contributed by atoms with Gasteiger partial charge >= 0.3 is 11.9 Å². The monoisotopic (exact) mass is 327 g/mol. The highest BCUT2D eigenvalue weighted by Crippen LogP contribution is 2.10. The molecule has 1 aromatic rings. The van der Waals surface area contributed by atoms with E-state index in [4.69, 9.17) is 21.1 Å². The summed E-state index contributed by atoms with van der Waals surface area (Å²) in [6.07, 6.45) is 0.00643. The Kier molecular flexibility index (Phi) is 7.39. The van der Waals surface area contributed by atoms with Gasteiger partial charge in [-0.1, -0.05) is 23.7 Å². The molecule has 1 N–H and O–H groups in total. The Morgan fingerprint density at radius 3 is 2.00 bits per heavy atom. The first-order valence-corrected chi connectivity index (χ1v) is 7.22. The molecular formula is C15H18ClNO5. The first-order valence-electron chi connectivity index (χ1n) is 6.85. The summed E-state index contributed by atoms with van der Waals surface area (Å²) in [6, 6.07) is 5.22. The molecule has 0 unspecified atom stereocenters. The zero-order valence-electron chi connectivity index (χ0n) is 12.4. The summed E-state index contributed by atoms with van der Waals surface area (Å²) in [5.41, 5.74) is 0.702. The van der Waals surface area contributed by atoms with Crippen LogP contribution in [0.25, 0.3) is 0 Å². The zero-order chi connectivity index (χ0) is 16.5. The number of nitrogens with one attached hydrogen (secondary N) is 1. The maximum Gasteiger partial charge on any atom is 0.340 e. The summed E-state index contributed by atoms with van der Waals surface area (Å²) >= 11 is 5.76. The van der Waals surface area contributed by atoms with Gasteiger partial charge in [-0.25, -0.2) is 9.59 Å². The topological polar surface area (TPSA) is 81.7 Å². The predicted molar refractivity (Wildman–Crippen MR) is 80.4 cm³/mol. The molecule has 7 heteroatoms. The Hall–Kier alpha value is -2.08. The fourth-order valence-electron chi connectivity index (χ4n) is 1.66. The van der Waals surface area contributed by atoms with Crippen LogP contribution in [0.1, 0.15) is 19.4 Å². The highest BCUT2D eigenvalue weighted by Gasteiger charge is 2.31.